The smallest absolute Gasteiger partial charge is 0.255 e. The highest BCUT2D eigenvalue weighted by molar-refractivity contribution is 6.07. The molecular formula is C20H23FN2O. The van der Waals surface area contributed by atoms with Gasteiger partial charge < -0.3 is 10.2 Å². The third-order valence-corrected chi connectivity index (χ3v) is 4.54. The van der Waals surface area contributed by atoms with E-state index in [1.54, 1.807) is 6.07 Å². The average Bonchev–Trinajstić information content (AvgIpc) is 2.58. The number of rotatable bonds is 3. The molecule has 1 amide bonds. The van der Waals surface area contributed by atoms with E-state index in [4.69, 9.17) is 0 Å². The van der Waals surface area contributed by atoms with Crippen LogP contribution in [0.1, 0.15) is 40.7 Å². The highest BCUT2D eigenvalue weighted by atomic mass is 19.1. The Kier molecular flexibility index (Phi) is 4.84. The van der Waals surface area contributed by atoms with Crippen molar-refractivity contribution in [2.45, 2.75) is 33.1 Å². The maximum absolute atomic E-state index is 13.7. The minimum Gasteiger partial charge on any atom is -0.370 e. The SMILES string of the molecule is Cc1ccc(C)c(C(=O)Nc2cc(F)ccc2N2CCCCC2)c1. The fourth-order valence-electron chi connectivity index (χ4n) is 3.19. The number of carbonyl (C=O) groups excluding carboxylic acids is 1. The van der Waals surface area contributed by atoms with Crippen molar-refractivity contribution in [2.24, 2.45) is 0 Å². The van der Waals surface area contributed by atoms with Crippen LogP contribution in [0.15, 0.2) is 36.4 Å². The lowest BCUT2D eigenvalue weighted by atomic mass is 10.0. The van der Waals surface area contributed by atoms with Crippen LogP contribution in [-0.4, -0.2) is 19.0 Å². The summed E-state index contributed by atoms with van der Waals surface area (Å²) < 4.78 is 13.7. The highest BCUT2D eigenvalue weighted by Gasteiger charge is 2.18. The standard InChI is InChI=1S/C20H23FN2O/c1-14-6-7-15(2)17(12-14)20(24)22-18-13-16(21)8-9-19(18)23-10-4-3-5-11-23/h6-9,12-13H,3-5,10-11H2,1-2H3,(H,22,24). The minimum atomic E-state index is -0.341. The largest absolute Gasteiger partial charge is 0.370 e. The molecule has 1 heterocycles. The maximum Gasteiger partial charge on any atom is 0.255 e. The number of halogens is 1. The number of benzene rings is 2. The van der Waals surface area contributed by atoms with Gasteiger partial charge in [0.1, 0.15) is 5.82 Å². The summed E-state index contributed by atoms with van der Waals surface area (Å²) in [7, 11) is 0. The first kappa shape index (κ1) is 16.5. The van der Waals surface area contributed by atoms with E-state index in [9.17, 15) is 9.18 Å². The molecule has 0 spiro atoms. The van der Waals surface area contributed by atoms with Gasteiger partial charge in [-0.15, -0.1) is 0 Å². The van der Waals surface area contributed by atoms with E-state index in [0.29, 0.717) is 11.3 Å². The van der Waals surface area contributed by atoms with Crippen LogP contribution in [0.3, 0.4) is 0 Å². The van der Waals surface area contributed by atoms with E-state index in [0.717, 1.165) is 42.7 Å². The van der Waals surface area contributed by atoms with Crippen LogP contribution in [0, 0.1) is 19.7 Å². The van der Waals surface area contributed by atoms with Gasteiger partial charge in [0.15, 0.2) is 0 Å². The summed E-state index contributed by atoms with van der Waals surface area (Å²) >= 11 is 0. The van der Waals surface area contributed by atoms with Crippen molar-refractivity contribution >= 4 is 17.3 Å². The zero-order chi connectivity index (χ0) is 17.1. The second kappa shape index (κ2) is 7.04. The molecule has 3 nitrogen and oxygen atoms in total. The second-order valence-electron chi connectivity index (χ2n) is 6.48. The lowest BCUT2D eigenvalue weighted by Crippen LogP contribution is -2.30. The van der Waals surface area contributed by atoms with E-state index < -0.39 is 0 Å². The molecule has 1 saturated heterocycles. The van der Waals surface area contributed by atoms with Gasteiger partial charge in [0.25, 0.3) is 5.91 Å². The number of anilines is 2. The van der Waals surface area contributed by atoms with E-state index in [1.165, 1.54) is 18.6 Å². The molecular weight excluding hydrogens is 303 g/mol. The van der Waals surface area contributed by atoms with Crippen molar-refractivity contribution in [3.05, 3.63) is 58.9 Å². The molecule has 0 aromatic heterocycles. The molecule has 3 rings (SSSR count). The first-order valence-electron chi connectivity index (χ1n) is 8.48. The molecule has 2 aromatic carbocycles. The lowest BCUT2D eigenvalue weighted by molar-refractivity contribution is 0.102. The number of nitrogens with zero attached hydrogens (tertiary/aromatic N) is 1. The summed E-state index contributed by atoms with van der Waals surface area (Å²) in [4.78, 5) is 14.9. The van der Waals surface area contributed by atoms with Crippen LogP contribution in [-0.2, 0) is 0 Å². The molecule has 1 N–H and O–H groups in total. The zero-order valence-corrected chi connectivity index (χ0v) is 14.2. The molecule has 126 valence electrons. The Morgan fingerprint density at radius 3 is 2.54 bits per heavy atom. The summed E-state index contributed by atoms with van der Waals surface area (Å²) in [5, 5.41) is 2.91. The van der Waals surface area contributed by atoms with Gasteiger partial charge in [-0.1, -0.05) is 17.7 Å². The lowest BCUT2D eigenvalue weighted by Gasteiger charge is -2.30. The van der Waals surface area contributed by atoms with Crippen LogP contribution in [0.2, 0.25) is 0 Å². The number of hydrogen-bond acceptors (Lipinski definition) is 2. The molecule has 0 saturated carbocycles. The van der Waals surface area contributed by atoms with E-state index >= 15 is 0 Å². The molecule has 1 aliphatic heterocycles. The van der Waals surface area contributed by atoms with E-state index in [2.05, 4.69) is 10.2 Å². The summed E-state index contributed by atoms with van der Waals surface area (Å²) in [6.07, 6.45) is 3.48. The average molecular weight is 326 g/mol. The van der Waals surface area contributed by atoms with Crippen LogP contribution in [0.5, 0.6) is 0 Å². The van der Waals surface area contributed by atoms with Crippen molar-refractivity contribution in [3.8, 4) is 0 Å². The van der Waals surface area contributed by atoms with Gasteiger partial charge in [-0.25, -0.2) is 4.39 Å². The molecule has 0 atom stereocenters. The summed E-state index contributed by atoms with van der Waals surface area (Å²) in [5.74, 6) is -0.535. The van der Waals surface area contributed by atoms with Gasteiger partial charge in [-0.3, -0.25) is 4.79 Å². The molecule has 0 unspecified atom stereocenters. The number of carbonyl (C=O) groups is 1. The van der Waals surface area contributed by atoms with Crippen LogP contribution in [0.4, 0.5) is 15.8 Å². The summed E-state index contributed by atoms with van der Waals surface area (Å²) in [6.45, 7) is 5.75. The first-order chi connectivity index (χ1) is 11.5. The predicted octanol–water partition coefficient (Wildman–Crippen LogP) is 4.69. The van der Waals surface area contributed by atoms with Crippen LogP contribution in [0.25, 0.3) is 0 Å². The Hall–Kier alpha value is -2.36. The molecule has 4 heteroatoms. The molecule has 1 aliphatic rings. The number of piperidine rings is 1. The topological polar surface area (TPSA) is 32.3 Å². The summed E-state index contributed by atoms with van der Waals surface area (Å²) in [6, 6.07) is 10.4. The second-order valence-corrected chi connectivity index (χ2v) is 6.48. The Balaban J connectivity index is 1.89. The van der Waals surface area contributed by atoms with Gasteiger partial charge >= 0.3 is 0 Å². The van der Waals surface area contributed by atoms with Gasteiger partial charge in [-0.05, 0) is 62.9 Å². The monoisotopic (exact) mass is 326 g/mol. The number of nitrogens with one attached hydrogen (secondary N) is 1. The highest BCUT2D eigenvalue weighted by Crippen LogP contribution is 2.30. The zero-order valence-electron chi connectivity index (χ0n) is 14.2. The van der Waals surface area contributed by atoms with Crippen molar-refractivity contribution in [3.63, 3.8) is 0 Å². The molecule has 0 aliphatic carbocycles. The van der Waals surface area contributed by atoms with Gasteiger partial charge in [0, 0.05) is 18.7 Å². The molecule has 0 radical (unpaired) electrons. The maximum atomic E-state index is 13.7. The van der Waals surface area contributed by atoms with Crippen LogP contribution >= 0.6 is 0 Å². The van der Waals surface area contributed by atoms with Crippen molar-refractivity contribution in [2.75, 3.05) is 23.3 Å². The molecule has 2 aromatic rings. The Labute approximate surface area is 142 Å². The third-order valence-electron chi connectivity index (χ3n) is 4.54. The fraction of sp³-hybridized carbons (Fsp3) is 0.350. The first-order valence-corrected chi connectivity index (χ1v) is 8.48. The van der Waals surface area contributed by atoms with Crippen molar-refractivity contribution in [1.82, 2.24) is 0 Å². The summed E-state index contributed by atoms with van der Waals surface area (Å²) in [5.41, 5.74) is 4.01. The van der Waals surface area contributed by atoms with Crippen LogP contribution < -0.4 is 10.2 Å². The number of hydrogen-bond donors (Lipinski definition) is 1. The third kappa shape index (κ3) is 3.58. The van der Waals surface area contributed by atoms with Crippen molar-refractivity contribution < 1.29 is 9.18 Å². The van der Waals surface area contributed by atoms with E-state index in [1.807, 2.05) is 32.0 Å². The predicted molar refractivity (Wildman–Crippen MR) is 96.3 cm³/mol. The van der Waals surface area contributed by atoms with Gasteiger partial charge in [0.05, 0.1) is 11.4 Å². The van der Waals surface area contributed by atoms with Crippen molar-refractivity contribution in [1.29, 1.82) is 0 Å². The Morgan fingerprint density at radius 2 is 1.79 bits per heavy atom. The number of amides is 1. The molecule has 1 fully saturated rings. The molecule has 0 bridgehead atoms. The normalized spacial score (nSPS) is 14.5. The van der Waals surface area contributed by atoms with E-state index in [-0.39, 0.29) is 11.7 Å². The minimum absolute atomic E-state index is 0.194. The Bertz CT molecular complexity index is 751. The molecule has 24 heavy (non-hydrogen) atoms. The van der Waals surface area contributed by atoms with Gasteiger partial charge in [-0.2, -0.15) is 0 Å². The fourth-order valence-corrected chi connectivity index (χ4v) is 3.19. The number of aryl methyl sites for hydroxylation is 2. The van der Waals surface area contributed by atoms with Gasteiger partial charge in [0.2, 0.25) is 0 Å². The quantitative estimate of drug-likeness (QED) is 0.888. The Morgan fingerprint density at radius 1 is 1.04 bits per heavy atom.